The molecule has 2 amide bonds. The van der Waals surface area contributed by atoms with Crippen LogP contribution >= 0.6 is 0 Å². The van der Waals surface area contributed by atoms with Crippen molar-refractivity contribution in [2.75, 3.05) is 19.7 Å². The normalized spacial score (nSPS) is 17.1. The summed E-state index contributed by atoms with van der Waals surface area (Å²) in [6.07, 6.45) is 5.33. The zero-order valence-corrected chi connectivity index (χ0v) is 14.1. The molecule has 2 N–H and O–H groups in total. The Bertz CT molecular complexity index is 666. The maximum absolute atomic E-state index is 12.5. The number of aryl methyl sites for hydroxylation is 2. The molecule has 24 heavy (non-hydrogen) atoms. The van der Waals surface area contributed by atoms with Gasteiger partial charge in [0.1, 0.15) is 12.4 Å². The van der Waals surface area contributed by atoms with E-state index >= 15 is 0 Å². The molecule has 0 radical (unpaired) electrons. The Balaban J connectivity index is 1.52. The third-order valence-electron chi connectivity index (χ3n) is 4.31. The first kappa shape index (κ1) is 16.3. The smallest absolute Gasteiger partial charge is 0.318 e. The molecule has 0 aromatic carbocycles. The molecule has 7 nitrogen and oxygen atoms in total. The minimum absolute atomic E-state index is 0.0488. The molecule has 2 aromatic rings. The lowest BCUT2D eigenvalue weighted by Crippen LogP contribution is -2.41. The van der Waals surface area contributed by atoms with Crippen molar-refractivity contribution < 1.29 is 9.53 Å². The Labute approximate surface area is 141 Å². The highest BCUT2D eigenvalue weighted by Gasteiger charge is 2.32. The number of ether oxygens (including phenoxy) is 1. The molecular weight excluding hydrogens is 306 g/mol. The molecule has 1 fully saturated rings. The Hall–Kier alpha value is -2.57. The molecule has 1 saturated heterocycles. The van der Waals surface area contributed by atoms with E-state index < -0.39 is 0 Å². The maximum Gasteiger partial charge on any atom is 0.318 e. The molecule has 0 unspecified atom stereocenters. The van der Waals surface area contributed by atoms with E-state index in [0.717, 1.165) is 36.3 Å². The van der Waals surface area contributed by atoms with Gasteiger partial charge in [-0.1, -0.05) is 0 Å². The van der Waals surface area contributed by atoms with Gasteiger partial charge in [-0.3, -0.25) is 10.1 Å². The SMILES string of the molecule is Cc1n[nH]c(C)c1[C@@H]1CCCN1C(=O)NCCOc1cccnc1. The molecule has 2 aromatic heterocycles. The predicted molar refractivity (Wildman–Crippen MR) is 89.9 cm³/mol. The van der Waals surface area contributed by atoms with Crippen LogP contribution in [-0.2, 0) is 0 Å². The number of amides is 2. The number of rotatable bonds is 5. The van der Waals surface area contributed by atoms with E-state index in [1.807, 2.05) is 30.9 Å². The van der Waals surface area contributed by atoms with E-state index in [-0.39, 0.29) is 12.1 Å². The number of carbonyl (C=O) groups is 1. The zero-order valence-electron chi connectivity index (χ0n) is 14.1. The average molecular weight is 329 g/mol. The van der Waals surface area contributed by atoms with Gasteiger partial charge in [-0.05, 0) is 38.8 Å². The van der Waals surface area contributed by atoms with Gasteiger partial charge in [-0.2, -0.15) is 5.10 Å². The number of nitrogens with one attached hydrogen (secondary N) is 2. The number of hydrogen-bond acceptors (Lipinski definition) is 4. The first-order valence-corrected chi connectivity index (χ1v) is 8.25. The number of nitrogens with zero attached hydrogens (tertiary/aromatic N) is 3. The fraction of sp³-hybridized carbons (Fsp3) is 0.471. The highest BCUT2D eigenvalue weighted by atomic mass is 16.5. The second-order valence-electron chi connectivity index (χ2n) is 5.97. The largest absolute Gasteiger partial charge is 0.490 e. The number of pyridine rings is 1. The van der Waals surface area contributed by atoms with Gasteiger partial charge in [-0.15, -0.1) is 0 Å². The van der Waals surface area contributed by atoms with E-state index in [1.165, 1.54) is 0 Å². The van der Waals surface area contributed by atoms with Crippen LogP contribution in [0.1, 0.15) is 35.8 Å². The van der Waals surface area contributed by atoms with Gasteiger partial charge in [0.25, 0.3) is 0 Å². The monoisotopic (exact) mass is 329 g/mol. The third kappa shape index (κ3) is 3.50. The van der Waals surface area contributed by atoms with Gasteiger partial charge in [-0.25, -0.2) is 4.79 Å². The molecule has 0 bridgehead atoms. The van der Waals surface area contributed by atoms with E-state index in [4.69, 9.17) is 4.74 Å². The fourth-order valence-electron chi connectivity index (χ4n) is 3.22. The summed E-state index contributed by atoms with van der Waals surface area (Å²) in [5, 5.41) is 10.2. The molecule has 0 saturated carbocycles. The zero-order chi connectivity index (χ0) is 16.9. The molecule has 3 heterocycles. The van der Waals surface area contributed by atoms with Crippen molar-refractivity contribution in [2.45, 2.75) is 32.7 Å². The quantitative estimate of drug-likeness (QED) is 0.825. The summed E-state index contributed by atoms with van der Waals surface area (Å²) in [6.45, 7) is 5.63. The van der Waals surface area contributed by atoms with E-state index in [9.17, 15) is 4.79 Å². The van der Waals surface area contributed by atoms with Crippen LogP contribution < -0.4 is 10.1 Å². The minimum atomic E-state index is -0.0488. The van der Waals surface area contributed by atoms with Crippen molar-refractivity contribution in [3.63, 3.8) is 0 Å². The third-order valence-corrected chi connectivity index (χ3v) is 4.31. The summed E-state index contributed by atoms with van der Waals surface area (Å²) < 4.78 is 5.55. The van der Waals surface area contributed by atoms with Crippen LogP contribution in [0.4, 0.5) is 4.79 Å². The van der Waals surface area contributed by atoms with Gasteiger partial charge >= 0.3 is 6.03 Å². The van der Waals surface area contributed by atoms with E-state index in [2.05, 4.69) is 20.5 Å². The second-order valence-corrected chi connectivity index (χ2v) is 5.97. The maximum atomic E-state index is 12.5. The van der Waals surface area contributed by atoms with E-state index in [0.29, 0.717) is 18.9 Å². The fourth-order valence-corrected chi connectivity index (χ4v) is 3.22. The molecule has 0 aliphatic carbocycles. The number of aromatic amines is 1. The summed E-state index contributed by atoms with van der Waals surface area (Å²) in [6, 6.07) is 3.71. The van der Waals surface area contributed by atoms with Gasteiger partial charge in [0.2, 0.25) is 0 Å². The summed E-state index contributed by atoms with van der Waals surface area (Å²) in [5.74, 6) is 0.704. The Morgan fingerprint density at radius 1 is 1.50 bits per heavy atom. The lowest BCUT2D eigenvalue weighted by molar-refractivity contribution is 0.189. The molecule has 3 rings (SSSR count). The van der Waals surface area contributed by atoms with Crippen LogP contribution in [0.3, 0.4) is 0 Å². The van der Waals surface area contributed by atoms with Crippen LogP contribution in [-0.4, -0.2) is 45.8 Å². The lowest BCUT2D eigenvalue weighted by Gasteiger charge is -2.25. The van der Waals surface area contributed by atoms with Crippen molar-refractivity contribution in [1.82, 2.24) is 25.4 Å². The second kappa shape index (κ2) is 7.33. The highest BCUT2D eigenvalue weighted by Crippen LogP contribution is 2.34. The number of urea groups is 1. The van der Waals surface area contributed by atoms with Crippen molar-refractivity contribution in [3.05, 3.63) is 41.5 Å². The number of carbonyl (C=O) groups excluding carboxylic acids is 1. The van der Waals surface area contributed by atoms with E-state index in [1.54, 1.807) is 12.4 Å². The van der Waals surface area contributed by atoms with Crippen LogP contribution in [0.25, 0.3) is 0 Å². The van der Waals surface area contributed by atoms with Gasteiger partial charge in [0, 0.05) is 24.0 Å². The molecule has 1 atom stereocenters. The summed E-state index contributed by atoms with van der Waals surface area (Å²) in [4.78, 5) is 18.4. The van der Waals surface area contributed by atoms with Gasteiger partial charge in [0.15, 0.2) is 0 Å². The van der Waals surface area contributed by atoms with Gasteiger partial charge in [0.05, 0.1) is 24.5 Å². The Kier molecular flexibility index (Phi) is 4.98. The number of likely N-dealkylation sites (tertiary alicyclic amines) is 1. The first-order chi connectivity index (χ1) is 11.7. The number of aromatic nitrogens is 3. The molecule has 7 heteroatoms. The molecule has 1 aliphatic rings. The predicted octanol–water partition coefficient (Wildman–Crippen LogP) is 2.35. The minimum Gasteiger partial charge on any atom is -0.490 e. The molecule has 0 spiro atoms. The number of hydrogen-bond donors (Lipinski definition) is 2. The average Bonchev–Trinajstić information content (AvgIpc) is 3.19. The summed E-state index contributed by atoms with van der Waals surface area (Å²) >= 11 is 0. The standard InChI is InChI=1S/C17H23N5O2/c1-12-16(13(2)21-20-12)15-6-4-9-22(15)17(23)19-8-10-24-14-5-3-7-18-11-14/h3,5,7,11,15H,4,6,8-10H2,1-2H3,(H,19,23)(H,20,21)/t15-/m0/s1. The summed E-state index contributed by atoms with van der Waals surface area (Å²) in [7, 11) is 0. The van der Waals surface area contributed by atoms with Crippen LogP contribution in [0, 0.1) is 13.8 Å². The molecule has 128 valence electrons. The van der Waals surface area contributed by atoms with Gasteiger partial charge < -0.3 is 15.0 Å². The van der Waals surface area contributed by atoms with Crippen molar-refractivity contribution >= 4 is 6.03 Å². The molecular formula is C17H23N5O2. The Morgan fingerprint density at radius 2 is 2.38 bits per heavy atom. The number of H-pyrrole nitrogens is 1. The summed E-state index contributed by atoms with van der Waals surface area (Å²) in [5.41, 5.74) is 3.16. The van der Waals surface area contributed by atoms with Crippen LogP contribution in [0.15, 0.2) is 24.5 Å². The van der Waals surface area contributed by atoms with Crippen molar-refractivity contribution in [1.29, 1.82) is 0 Å². The highest BCUT2D eigenvalue weighted by molar-refractivity contribution is 5.75. The van der Waals surface area contributed by atoms with Crippen molar-refractivity contribution in [3.8, 4) is 5.75 Å². The van der Waals surface area contributed by atoms with Crippen molar-refractivity contribution in [2.24, 2.45) is 0 Å². The lowest BCUT2D eigenvalue weighted by atomic mass is 10.0. The molecule has 1 aliphatic heterocycles. The Morgan fingerprint density at radius 3 is 3.08 bits per heavy atom. The van der Waals surface area contributed by atoms with Crippen LogP contribution in [0.2, 0.25) is 0 Å². The first-order valence-electron chi connectivity index (χ1n) is 8.25. The van der Waals surface area contributed by atoms with Crippen LogP contribution in [0.5, 0.6) is 5.75 Å². The topological polar surface area (TPSA) is 83.1 Å².